The average molecular weight is 566 g/mol. The van der Waals surface area contributed by atoms with E-state index in [0.717, 1.165) is 0 Å². The van der Waals surface area contributed by atoms with Crippen molar-refractivity contribution in [1.82, 2.24) is 24.6 Å². The molecule has 1 aromatic carbocycles. The highest BCUT2D eigenvalue weighted by molar-refractivity contribution is 7.52. The Labute approximate surface area is 224 Å². The third kappa shape index (κ3) is 5.98. The fourth-order valence-corrected chi connectivity index (χ4v) is 5.59. The maximum absolute atomic E-state index is 13.7. The van der Waals surface area contributed by atoms with Crippen LogP contribution in [0.2, 0.25) is 0 Å². The number of hydrogen-bond acceptors (Lipinski definition) is 13. The highest BCUT2D eigenvalue weighted by Gasteiger charge is 2.53. The molecule has 6 N–H and O–H groups in total. The number of aliphatic hydroxyl groups is 1. The van der Waals surface area contributed by atoms with Crippen LogP contribution < -0.4 is 25.8 Å². The fourth-order valence-electron chi connectivity index (χ4n) is 4.09. The molecule has 1 aliphatic heterocycles. The number of hydrogen-bond donors (Lipinski definition) is 4. The molecule has 1 aliphatic rings. The molecule has 212 valence electrons. The fraction of sp³-hybridized carbons (Fsp3) is 0.478. The monoisotopic (exact) mass is 565 g/mol. The molecule has 1 saturated heterocycles. The number of nitrogens with one attached hydrogen (secondary N) is 1. The van der Waals surface area contributed by atoms with E-state index in [0.29, 0.717) is 5.52 Å². The number of para-hydroxylation sites is 1. The van der Waals surface area contributed by atoms with Crippen molar-refractivity contribution in [2.24, 2.45) is 5.73 Å². The Balaban J connectivity index is 1.57. The molecule has 1 fully saturated rings. The molecule has 0 amide bonds. The molecule has 6 unspecified atom stereocenters. The molecule has 15 nitrogen and oxygen atoms in total. The quantitative estimate of drug-likeness (QED) is 0.190. The number of carbonyl (C=O) groups is 1. The second-order valence-electron chi connectivity index (χ2n) is 9.05. The second-order valence-corrected chi connectivity index (χ2v) is 10.7. The number of nitrogens with zero attached hydrogens (tertiary/aromatic N) is 4. The Kier molecular flexibility index (Phi) is 8.39. The van der Waals surface area contributed by atoms with E-state index in [9.17, 15) is 14.5 Å². The second kappa shape index (κ2) is 11.4. The number of esters is 1. The van der Waals surface area contributed by atoms with Crippen LogP contribution in [-0.4, -0.2) is 74.7 Å². The lowest BCUT2D eigenvalue weighted by atomic mass is 9.93. The van der Waals surface area contributed by atoms with Crippen LogP contribution in [0.15, 0.2) is 36.7 Å². The number of imidazole rings is 1. The molecule has 0 spiro atoms. The molecule has 3 aromatic rings. The average Bonchev–Trinajstić information content (AvgIpc) is 3.40. The molecular formula is C23H32N7O8P. The van der Waals surface area contributed by atoms with Gasteiger partial charge in [0.2, 0.25) is 11.8 Å². The standard InChI is InChI=1S/C23H32N7O8P/c1-5-35-20(32)13(2)29-39(33,38-14-9-7-6-8-10-14)36-11-15-17(31)23(3,25)21(37-15)30-12-26-16-18(30)27-22(24)28-19(16)34-4/h6-10,12-13,15,17,21,31H,5,11,25H2,1-4H3,(H,29,33)(H2,24,27,28). The lowest BCUT2D eigenvalue weighted by Crippen LogP contribution is -2.52. The van der Waals surface area contributed by atoms with Gasteiger partial charge in [-0.3, -0.25) is 13.9 Å². The summed E-state index contributed by atoms with van der Waals surface area (Å²) in [6.45, 7) is 4.42. The van der Waals surface area contributed by atoms with E-state index >= 15 is 0 Å². The van der Waals surface area contributed by atoms with Crippen molar-refractivity contribution in [3.05, 3.63) is 36.7 Å². The van der Waals surface area contributed by atoms with Crippen molar-refractivity contribution in [1.29, 1.82) is 0 Å². The van der Waals surface area contributed by atoms with Crippen LogP contribution in [0.5, 0.6) is 11.6 Å². The lowest BCUT2D eigenvalue weighted by molar-refractivity contribution is -0.144. The van der Waals surface area contributed by atoms with Crippen LogP contribution in [0, 0.1) is 0 Å². The van der Waals surface area contributed by atoms with Gasteiger partial charge in [0.15, 0.2) is 17.4 Å². The lowest BCUT2D eigenvalue weighted by Gasteiger charge is -2.28. The molecule has 2 aromatic heterocycles. The minimum atomic E-state index is -4.19. The van der Waals surface area contributed by atoms with Gasteiger partial charge >= 0.3 is 13.7 Å². The van der Waals surface area contributed by atoms with Gasteiger partial charge in [0, 0.05) is 0 Å². The van der Waals surface area contributed by atoms with Gasteiger partial charge in [-0.25, -0.2) is 9.55 Å². The first-order valence-electron chi connectivity index (χ1n) is 12.1. The number of benzene rings is 1. The third-order valence-electron chi connectivity index (χ3n) is 6.05. The van der Waals surface area contributed by atoms with Crippen LogP contribution in [0.3, 0.4) is 0 Å². The summed E-state index contributed by atoms with van der Waals surface area (Å²) in [5.41, 5.74) is 11.5. The molecule has 39 heavy (non-hydrogen) atoms. The number of carbonyl (C=O) groups excluding carboxylic acids is 1. The van der Waals surface area contributed by atoms with E-state index < -0.39 is 50.3 Å². The first-order chi connectivity index (χ1) is 18.5. The number of rotatable bonds is 11. The summed E-state index contributed by atoms with van der Waals surface area (Å²) in [5, 5.41) is 13.6. The zero-order valence-corrected chi connectivity index (χ0v) is 22.8. The summed E-state index contributed by atoms with van der Waals surface area (Å²) < 4.78 is 42.8. The van der Waals surface area contributed by atoms with E-state index in [-0.39, 0.29) is 29.8 Å². The van der Waals surface area contributed by atoms with Crippen molar-refractivity contribution in [3.8, 4) is 11.6 Å². The van der Waals surface area contributed by atoms with Gasteiger partial charge in [-0.1, -0.05) is 18.2 Å². The number of aliphatic hydroxyl groups excluding tert-OH is 1. The summed E-state index contributed by atoms with van der Waals surface area (Å²) in [4.78, 5) is 24.7. The number of ether oxygens (including phenoxy) is 3. The van der Waals surface area contributed by atoms with Crippen LogP contribution in [0.4, 0.5) is 5.95 Å². The minimum absolute atomic E-state index is 0.0564. The smallest absolute Gasteiger partial charge is 0.459 e. The summed E-state index contributed by atoms with van der Waals surface area (Å²) in [5.74, 6) is -0.309. The van der Waals surface area contributed by atoms with Crippen LogP contribution >= 0.6 is 7.75 Å². The molecule has 0 radical (unpaired) electrons. The van der Waals surface area contributed by atoms with Gasteiger partial charge in [0.1, 0.15) is 24.0 Å². The number of aromatic nitrogens is 4. The predicted octanol–water partition coefficient (Wildman–Crippen LogP) is 1.14. The summed E-state index contributed by atoms with van der Waals surface area (Å²) >= 11 is 0. The van der Waals surface area contributed by atoms with E-state index in [1.165, 1.54) is 24.9 Å². The molecule has 0 bridgehead atoms. The zero-order valence-electron chi connectivity index (χ0n) is 21.9. The summed E-state index contributed by atoms with van der Waals surface area (Å²) in [6, 6.07) is 7.25. The Morgan fingerprint density at radius 2 is 2.05 bits per heavy atom. The van der Waals surface area contributed by atoms with Crippen molar-refractivity contribution >= 4 is 30.8 Å². The molecule has 0 aliphatic carbocycles. The Morgan fingerprint density at radius 1 is 1.33 bits per heavy atom. The Bertz CT molecular complexity index is 1350. The van der Waals surface area contributed by atoms with E-state index in [2.05, 4.69) is 20.0 Å². The predicted molar refractivity (Wildman–Crippen MR) is 139 cm³/mol. The molecular weight excluding hydrogens is 533 g/mol. The number of nitrogens with two attached hydrogens (primary N) is 2. The van der Waals surface area contributed by atoms with Crippen LogP contribution in [0.25, 0.3) is 11.2 Å². The number of fused-ring (bicyclic) bond motifs is 1. The maximum Gasteiger partial charge on any atom is 0.459 e. The van der Waals surface area contributed by atoms with Gasteiger partial charge in [-0.05, 0) is 32.9 Å². The first kappa shape index (κ1) is 28.7. The van der Waals surface area contributed by atoms with Gasteiger partial charge in [-0.2, -0.15) is 15.1 Å². The summed E-state index contributed by atoms with van der Waals surface area (Å²) in [7, 11) is -2.77. The largest absolute Gasteiger partial charge is 0.479 e. The molecule has 3 heterocycles. The highest BCUT2D eigenvalue weighted by Crippen LogP contribution is 2.47. The van der Waals surface area contributed by atoms with Crippen molar-refractivity contribution in [2.75, 3.05) is 26.1 Å². The molecule has 16 heteroatoms. The van der Waals surface area contributed by atoms with Crippen molar-refractivity contribution in [3.63, 3.8) is 0 Å². The van der Waals surface area contributed by atoms with Gasteiger partial charge in [-0.15, -0.1) is 0 Å². The third-order valence-corrected chi connectivity index (χ3v) is 7.69. The summed E-state index contributed by atoms with van der Waals surface area (Å²) in [6.07, 6.45) is -1.91. The molecule has 0 saturated carbocycles. The minimum Gasteiger partial charge on any atom is -0.479 e. The van der Waals surface area contributed by atoms with Gasteiger partial charge in [0.25, 0.3) is 0 Å². The molecule has 4 rings (SSSR count). The number of nitrogen functional groups attached to an aromatic ring is 1. The van der Waals surface area contributed by atoms with E-state index in [4.69, 9.17) is 34.7 Å². The van der Waals surface area contributed by atoms with Gasteiger partial charge < -0.3 is 35.3 Å². The maximum atomic E-state index is 13.7. The number of anilines is 1. The van der Waals surface area contributed by atoms with E-state index in [1.807, 2.05) is 0 Å². The first-order valence-corrected chi connectivity index (χ1v) is 13.6. The van der Waals surface area contributed by atoms with Crippen LogP contribution in [-0.2, 0) is 23.4 Å². The van der Waals surface area contributed by atoms with Crippen LogP contribution in [0.1, 0.15) is 27.0 Å². The molecule has 6 atom stereocenters. The Morgan fingerprint density at radius 3 is 2.72 bits per heavy atom. The highest BCUT2D eigenvalue weighted by atomic mass is 31.2. The zero-order chi connectivity index (χ0) is 28.4. The van der Waals surface area contributed by atoms with E-state index in [1.54, 1.807) is 44.2 Å². The van der Waals surface area contributed by atoms with Gasteiger partial charge in [0.05, 0.1) is 32.2 Å². The topological polar surface area (TPSA) is 208 Å². The normalized spacial score (nSPS) is 25.2. The Hall–Kier alpha value is -3.33. The van der Waals surface area contributed by atoms with Crippen molar-refractivity contribution in [2.45, 2.75) is 50.8 Å². The number of methoxy groups -OCH3 is 1. The SMILES string of the molecule is CCOC(=O)C(C)NP(=O)(OCC1OC(n2cnc3c(OC)nc(N)nc32)C(C)(N)C1O)Oc1ccccc1. The van der Waals surface area contributed by atoms with Crippen molar-refractivity contribution < 1.29 is 37.7 Å².